The lowest BCUT2D eigenvalue weighted by Gasteiger charge is -2.25. The molecule has 0 aromatic rings. The molecule has 1 fully saturated rings. The number of nitrogens with zero attached hydrogens (tertiary/aromatic N) is 1. The Hall–Kier alpha value is -1.63. The number of aliphatic hydroxyl groups is 1. The van der Waals surface area contributed by atoms with Gasteiger partial charge in [-0.2, -0.15) is 0 Å². The van der Waals surface area contributed by atoms with E-state index >= 15 is 0 Å². The van der Waals surface area contributed by atoms with Crippen molar-refractivity contribution < 1.29 is 29.0 Å². The quantitative estimate of drug-likeness (QED) is 0.669. The number of hydrogen-bond donors (Lipinski definition) is 1. The molecule has 0 aromatic carbocycles. The minimum Gasteiger partial charge on any atom is -0.467 e. The van der Waals surface area contributed by atoms with Crippen LogP contribution >= 0.6 is 0 Å². The molecular weight excluding hydrogens is 242 g/mol. The number of carbonyl (C=O) groups is 3. The summed E-state index contributed by atoms with van der Waals surface area (Å²) < 4.78 is 9.50. The number of aliphatic hydroxyl groups excluding tert-OH is 1. The van der Waals surface area contributed by atoms with Crippen LogP contribution in [0.15, 0.2) is 0 Å². The lowest BCUT2D eigenvalue weighted by Crippen LogP contribution is -2.46. The average molecular weight is 259 g/mol. The first kappa shape index (κ1) is 14.4. The highest BCUT2D eigenvalue weighted by Gasteiger charge is 2.48. The second-order valence-electron chi connectivity index (χ2n) is 4.98. The summed E-state index contributed by atoms with van der Waals surface area (Å²) in [6.07, 6.45) is -2.52. The maximum atomic E-state index is 11.8. The Balaban J connectivity index is 2.91. The van der Waals surface area contributed by atoms with E-state index in [9.17, 15) is 19.5 Å². The first-order valence-corrected chi connectivity index (χ1v) is 5.49. The minimum absolute atomic E-state index is 0.176. The summed E-state index contributed by atoms with van der Waals surface area (Å²) in [5, 5.41) is 9.42. The Morgan fingerprint density at radius 1 is 1.39 bits per heavy atom. The van der Waals surface area contributed by atoms with Crippen molar-refractivity contribution in [3.05, 3.63) is 0 Å². The van der Waals surface area contributed by atoms with E-state index in [0.717, 1.165) is 7.11 Å². The summed E-state index contributed by atoms with van der Waals surface area (Å²) in [5.74, 6) is -1.61. The third kappa shape index (κ3) is 2.98. The van der Waals surface area contributed by atoms with E-state index in [2.05, 4.69) is 4.74 Å². The fraction of sp³-hybridized carbons (Fsp3) is 0.727. The van der Waals surface area contributed by atoms with Gasteiger partial charge in [-0.1, -0.05) is 0 Å². The Morgan fingerprint density at radius 3 is 2.39 bits per heavy atom. The summed E-state index contributed by atoms with van der Waals surface area (Å²) >= 11 is 0. The van der Waals surface area contributed by atoms with E-state index in [4.69, 9.17) is 4.74 Å². The molecule has 0 unspecified atom stereocenters. The molecule has 0 bridgehead atoms. The smallest absolute Gasteiger partial charge is 0.417 e. The molecule has 18 heavy (non-hydrogen) atoms. The van der Waals surface area contributed by atoms with Gasteiger partial charge in [-0.3, -0.25) is 4.79 Å². The molecule has 7 heteroatoms. The van der Waals surface area contributed by atoms with Crippen molar-refractivity contribution in [1.29, 1.82) is 0 Å². The molecule has 0 saturated carbocycles. The zero-order chi connectivity index (χ0) is 14.1. The second kappa shape index (κ2) is 4.93. The third-order valence-electron chi connectivity index (χ3n) is 2.34. The molecule has 1 rings (SSSR count). The van der Waals surface area contributed by atoms with Crippen molar-refractivity contribution in [3.63, 3.8) is 0 Å². The number of esters is 1. The van der Waals surface area contributed by atoms with Crippen LogP contribution in [0.5, 0.6) is 0 Å². The Bertz CT molecular complexity index is 372. The number of amides is 2. The van der Waals surface area contributed by atoms with Gasteiger partial charge in [0.15, 0.2) is 0 Å². The molecule has 7 nitrogen and oxygen atoms in total. The third-order valence-corrected chi connectivity index (χ3v) is 2.34. The Morgan fingerprint density at radius 2 is 1.94 bits per heavy atom. The fourth-order valence-corrected chi connectivity index (χ4v) is 1.60. The van der Waals surface area contributed by atoms with Crippen LogP contribution in [0.25, 0.3) is 0 Å². The minimum atomic E-state index is -1.39. The van der Waals surface area contributed by atoms with Crippen LogP contribution in [0.4, 0.5) is 4.79 Å². The molecule has 0 aliphatic carbocycles. The van der Waals surface area contributed by atoms with Crippen molar-refractivity contribution in [2.24, 2.45) is 0 Å². The molecule has 2 atom stereocenters. The van der Waals surface area contributed by atoms with Gasteiger partial charge in [0, 0.05) is 6.42 Å². The van der Waals surface area contributed by atoms with Gasteiger partial charge in [-0.15, -0.1) is 0 Å². The van der Waals surface area contributed by atoms with Crippen molar-refractivity contribution >= 4 is 18.0 Å². The molecule has 1 aliphatic rings. The summed E-state index contributed by atoms with van der Waals surface area (Å²) in [6.45, 7) is 4.90. The zero-order valence-electron chi connectivity index (χ0n) is 10.8. The fourth-order valence-electron chi connectivity index (χ4n) is 1.60. The van der Waals surface area contributed by atoms with Crippen LogP contribution in [0.3, 0.4) is 0 Å². The van der Waals surface area contributed by atoms with Crippen molar-refractivity contribution in [3.8, 4) is 0 Å². The molecule has 1 N–H and O–H groups in total. The predicted molar refractivity (Wildman–Crippen MR) is 59.5 cm³/mol. The molecule has 0 spiro atoms. The molecule has 1 saturated heterocycles. The van der Waals surface area contributed by atoms with Gasteiger partial charge < -0.3 is 14.6 Å². The van der Waals surface area contributed by atoms with Gasteiger partial charge >= 0.3 is 12.1 Å². The highest BCUT2D eigenvalue weighted by Crippen LogP contribution is 2.23. The number of methoxy groups -OCH3 is 1. The van der Waals surface area contributed by atoms with Crippen LogP contribution < -0.4 is 0 Å². The second-order valence-corrected chi connectivity index (χ2v) is 4.98. The highest BCUT2D eigenvalue weighted by molar-refractivity contribution is 6.01. The van der Waals surface area contributed by atoms with E-state index in [1.54, 1.807) is 20.8 Å². The number of hydrogen-bond acceptors (Lipinski definition) is 6. The maximum Gasteiger partial charge on any atom is 0.417 e. The largest absolute Gasteiger partial charge is 0.467 e. The van der Waals surface area contributed by atoms with Crippen LogP contribution in [-0.4, -0.2) is 52.8 Å². The Kier molecular flexibility index (Phi) is 3.95. The van der Waals surface area contributed by atoms with E-state index in [1.807, 2.05) is 0 Å². The average Bonchev–Trinajstić information content (AvgIpc) is 2.52. The van der Waals surface area contributed by atoms with Crippen LogP contribution in [0, 0.1) is 0 Å². The number of imide groups is 1. The van der Waals surface area contributed by atoms with Gasteiger partial charge in [0.1, 0.15) is 17.7 Å². The monoisotopic (exact) mass is 259 g/mol. The van der Waals surface area contributed by atoms with Crippen LogP contribution in [0.2, 0.25) is 0 Å². The number of ether oxygens (including phenoxy) is 2. The lowest BCUT2D eigenvalue weighted by atomic mass is 10.2. The topological polar surface area (TPSA) is 93.1 Å². The zero-order valence-corrected chi connectivity index (χ0v) is 10.8. The predicted octanol–water partition coefficient (Wildman–Crippen LogP) is 0.0563. The molecule has 102 valence electrons. The van der Waals surface area contributed by atoms with Gasteiger partial charge in [-0.05, 0) is 20.8 Å². The van der Waals surface area contributed by atoms with Gasteiger partial charge in [0.25, 0.3) is 5.91 Å². The first-order valence-electron chi connectivity index (χ1n) is 5.49. The van der Waals surface area contributed by atoms with E-state index in [-0.39, 0.29) is 6.42 Å². The molecular formula is C11H17NO6. The summed E-state index contributed by atoms with van der Waals surface area (Å²) in [4.78, 5) is 35.5. The molecule has 1 aliphatic heterocycles. The molecule has 1 heterocycles. The highest BCUT2D eigenvalue weighted by atomic mass is 16.6. The van der Waals surface area contributed by atoms with Gasteiger partial charge in [-0.25, -0.2) is 14.5 Å². The summed E-state index contributed by atoms with van der Waals surface area (Å²) in [5.41, 5.74) is -0.800. The summed E-state index contributed by atoms with van der Waals surface area (Å²) in [7, 11) is 1.14. The number of rotatable bonds is 1. The van der Waals surface area contributed by atoms with Gasteiger partial charge in [0.05, 0.1) is 7.11 Å². The standard InChI is InChI=1S/C11H17NO6/c1-11(2,3)18-10(16)12-6(9(15)17-4)5-7(13)8(12)14/h6-7,13H,5H2,1-4H3/t6-,7-/m0/s1. The van der Waals surface area contributed by atoms with E-state index in [1.165, 1.54) is 0 Å². The molecule has 0 aromatic heterocycles. The van der Waals surface area contributed by atoms with Crippen molar-refractivity contribution in [2.75, 3.05) is 7.11 Å². The van der Waals surface area contributed by atoms with Crippen molar-refractivity contribution in [1.82, 2.24) is 4.90 Å². The number of carbonyl (C=O) groups excluding carboxylic acids is 3. The first-order chi connectivity index (χ1) is 8.17. The Labute approximate surface area is 105 Å². The molecule has 2 amide bonds. The SMILES string of the molecule is COC(=O)[C@@H]1C[C@H](O)C(=O)N1C(=O)OC(C)(C)C. The normalized spacial score (nSPS) is 24.1. The van der Waals surface area contributed by atoms with Gasteiger partial charge in [0.2, 0.25) is 0 Å². The molecule has 0 radical (unpaired) electrons. The van der Waals surface area contributed by atoms with Crippen LogP contribution in [-0.2, 0) is 19.1 Å². The maximum absolute atomic E-state index is 11.8. The summed E-state index contributed by atoms with van der Waals surface area (Å²) in [6, 6.07) is -1.13. The van der Waals surface area contributed by atoms with E-state index in [0.29, 0.717) is 4.90 Å². The number of likely N-dealkylation sites (tertiary alicyclic amines) is 1. The van der Waals surface area contributed by atoms with E-state index < -0.39 is 35.7 Å². The van der Waals surface area contributed by atoms with Crippen LogP contribution in [0.1, 0.15) is 27.2 Å². The van der Waals surface area contributed by atoms with Crippen molar-refractivity contribution in [2.45, 2.75) is 44.9 Å². The lowest BCUT2D eigenvalue weighted by molar-refractivity contribution is -0.149.